The number of nitrogens with one attached hydrogen (secondary N) is 1. The second-order valence-electron chi connectivity index (χ2n) is 5.88. The van der Waals surface area contributed by atoms with Crippen molar-refractivity contribution in [3.8, 4) is 11.8 Å². The van der Waals surface area contributed by atoms with Crippen LogP contribution in [-0.2, 0) is 13.0 Å². The summed E-state index contributed by atoms with van der Waals surface area (Å²) in [5.41, 5.74) is 2.50. The molecule has 2 nitrogen and oxygen atoms in total. The van der Waals surface area contributed by atoms with Crippen LogP contribution in [0.25, 0.3) is 0 Å². The molecule has 2 rings (SSSR count). The first kappa shape index (κ1) is 16.3. The van der Waals surface area contributed by atoms with Gasteiger partial charge in [0.25, 0.3) is 0 Å². The molecule has 0 spiro atoms. The molecule has 0 unspecified atom stereocenters. The van der Waals surface area contributed by atoms with Crippen LogP contribution in [0.3, 0.4) is 0 Å². The lowest BCUT2D eigenvalue weighted by Crippen LogP contribution is -2.17. The van der Waals surface area contributed by atoms with E-state index in [1.54, 1.807) is 13.8 Å². The zero-order valence-electron chi connectivity index (χ0n) is 13.3. The van der Waals surface area contributed by atoms with E-state index in [-0.39, 0.29) is 0 Å². The summed E-state index contributed by atoms with van der Waals surface area (Å²) < 4.78 is 0. The highest BCUT2D eigenvalue weighted by Gasteiger charge is 2.06. The average molecular weight is 293 g/mol. The Morgan fingerprint density at radius 2 is 1.68 bits per heavy atom. The van der Waals surface area contributed by atoms with E-state index in [4.69, 9.17) is 0 Å². The molecule has 0 amide bonds. The van der Waals surface area contributed by atoms with Gasteiger partial charge >= 0.3 is 0 Å². The molecule has 0 bridgehead atoms. The number of rotatable bonds is 5. The zero-order valence-corrected chi connectivity index (χ0v) is 13.3. The van der Waals surface area contributed by atoms with Gasteiger partial charge in [-0.3, -0.25) is 0 Å². The summed E-state index contributed by atoms with van der Waals surface area (Å²) in [6.45, 7) is 5.10. The largest absolute Gasteiger partial charge is 0.378 e. The van der Waals surface area contributed by atoms with Crippen LogP contribution in [0.1, 0.15) is 30.5 Å². The first-order valence-corrected chi connectivity index (χ1v) is 7.63. The summed E-state index contributed by atoms with van der Waals surface area (Å²) >= 11 is 0. The Kier molecular flexibility index (Phi) is 5.77. The number of aliphatic hydroxyl groups is 1. The van der Waals surface area contributed by atoms with Crippen molar-refractivity contribution in [2.75, 3.05) is 6.54 Å². The van der Waals surface area contributed by atoms with Gasteiger partial charge in [0.05, 0.1) is 0 Å². The molecule has 0 aliphatic heterocycles. The summed E-state index contributed by atoms with van der Waals surface area (Å²) in [4.78, 5) is 0. The van der Waals surface area contributed by atoms with Crippen LogP contribution in [0.4, 0.5) is 0 Å². The van der Waals surface area contributed by atoms with Gasteiger partial charge in [0, 0.05) is 12.1 Å². The second kappa shape index (κ2) is 7.79. The Balaban J connectivity index is 1.91. The van der Waals surface area contributed by atoms with E-state index in [1.165, 1.54) is 5.56 Å². The molecule has 0 saturated heterocycles. The third-order valence-corrected chi connectivity index (χ3v) is 3.27. The predicted octanol–water partition coefficient (Wildman–Crippen LogP) is 3.14. The van der Waals surface area contributed by atoms with Crippen molar-refractivity contribution in [2.24, 2.45) is 0 Å². The molecule has 2 N–H and O–H groups in total. The fourth-order valence-corrected chi connectivity index (χ4v) is 2.12. The number of benzene rings is 2. The molecule has 114 valence electrons. The van der Waals surface area contributed by atoms with Gasteiger partial charge in [-0.1, -0.05) is 60.4 Å². The minimum atomic E-state index is -0.964. The maximum Gasteiger partial charge on any atom is 0.120 e. The molecule has 0 fully saturated rings. The van der Waals surface area contributed by atoms with Gasteiger partial charge in [-0.15, -0.1) is 0 Å². The Bertz CT molecular complexity index is 645. The van der Waals surface area contributed by atoms with Crippen LogP contribution < -0.4 is 5.32 Å². The molecule has 0 atom stereocenters. The molecule has 2 heteroatoms. The minimum Gasteiger partial charge on any atom is -0.378 e. The summed E-state index contributed by atoms with van der Waals surface area (Å²) in [5, 5.41) is 13.2. The van der Waals surface area contributed by atoms with Gasteiger partial charge in [-0.25, -0.2) is 0 Å². The highest BCUT2D eigenvalue weighted by Crippen LogP contribution is 2.08. The molecule has 0 aliphatic carbocycles. The van der Waals surface area contributed by atoms with Crippen molar-refractivity contribution in [3.63, 3.8) is 0 Å². The van der Waals surface area contributed by atoms with Crippen LogP contribution in [0.2, 0.25) is 0 Å². The molecule has 0 aromatic heterocycles. The van der Waals surface area contributed by atoms with E-state index in [0.29, 0.717) is 0 Å². The Hall–Kier alpha value is -2.08. The monoisotopic (exact) mass is 293 g/mol. The number of hydrogen-bond acceptors (Lipinski definition) is 2. The minimum absolute atomic E-state index is 0.781. The third-order valence-electron chi connectivity index (χ3n) is 3.27. The van der Waals surface area contributed by atoms with Gasteiger partial charge in [0.15, 0.2) is 0 Å². The third kappa shape index (κ3) is 5.73. The fraction of sp³-hybridized carbons (Fsp3) is 0.300. The van der Waals surface area contributed by atoms with Crippen LogP contribution in [0.15, 0.2) is 54.6 Å². The highest BCUT2D eigenvalue weighted by molar-refractivity contribution is 5.42. The van der Waals surface area contributed by atoms with Crippen molar-refractivity contribution >= 4 is 0 Å². The summed E-state index contributed by atoms with van der Waals surface area (Å²) in [6.07, 6.45) is 1.01. The molecule has 0 radical (unpaired) electrons. The van der Waals surface area contributed by atoms with Crippen LogP contribution in [0.5, 0.6) is 0 Å². The molecular formula is C20H23NO. The summed E-state index contributed by atoms with van der Waals surface area (Å²) in [7, 11) is 0. The van der Waals surface area contributed by atoms with E-state index >= 15 is 0 Å². The van der Waals surface area contributed by atoms with Crippen molar-refractivity contribution in [3.05, 3.63) is 71.3 Å². The van der Waals surface area contributed by atoms with Gasteiger partial charge in [0.1, 0.15) is 5.60 Å². The van der Waals surface area contributed by atoms with Gasteiger partial charge in [0.2, 0.25) is 0 Å². The summed E-state index contributed by atoms with van der Waals surface area (Å²) in [5.74, 6) is 5.94. The first-order chi connectivity index (χ1) is 10.5. The molecular weight excluding hydrogens is 270 g/mol. The van der Waals surface area contributed by atoms with E-state index < -0.39 is 5.60 Å². The van der Waals surface area contributed by atoms with Crippen LogP contribution in [-0.4, -0.2) is 17.3 Å². The molecule has 2 aromatic rings. The smallest absolute Gasteiger partial charge is 0.120 e. The van der Waals surface area contributed by atoms with E-state index in [0.717, 1.165) is 30.6 Å². The lowest BCUT2D eigenvalue weighted by atomic mass is 10.1. The quantitative estimate of drug-likeness (QED) is 0.656. The molecule has 22 heavy (non-hydrogen) atoms. The fourth-order valence-electron chi connectivity index (χ4n) is 2.12. The topological polar surface area (TPSA) is 32.3 Å². The van der Waals surface area contributed by atoms with E-state index in [1.807, 2.05) is 24.3 Å². The first-order valence-electron chi connectivity index (χ1n) is 7.63. The van der Waals surface area contributed by atoms with Gasteiger partial charge in [-0.2, -0.15) is 0 Å². The average Bonchev–Trinajstić information content (AvgIpc) is 2.51. The Labute approximate surface area is 133 Å². The molecule has 0 saturated carbocycles. The van der Waals surface area contributed by atoms with Crippen molar-refractivity contribution in [1.29, 1.82) is 0 Å². The highest BCUT2D eigenvalue weighted by atomic mass is 16.3. The lowest BCUT2D eigenvalue weighted by molar-refractivity contribution is 0.143. The number of hydrogen-bond donors (Lipinski definition) is 2. The maximum absolute atomic E-state index is 9.72. The van der Waals surface area contributed by atoms with Crippen molar-refractivity contribution in [2.45, 2.75) is 32.4 Å². The second-order valence-corrected chi connectivity index (χ2v) is 5.88. The van der Waals surface area contributed by atoms with Gasteiger partial charge in [-0.05, 0) is 44.0 Å². The van der Waals surface area contributed by atoms with E-state index in [2.05, 4.69) is 47.5 Å². The van der Waals surface area contributed by atoms with Crippen molar-refractivity contribution in [1.82, 2.24) is 5.32 Å². The maximum atomic E-state index is 9.72. The standard InChI is InChI=1S/C20H23NO/c1-20(2,22)14-12-18-10-6-7-11-19(18)16-21-15-13-17-8-4-3-5-9-17/h3-11,21-22H,13,15-16H2,1-2H3. The molecule has 2 aromatic carbocycles. The lowest BCUT2D eigenvalue weighted by Gasteiger charge is -2.09. The molecule has 0 heterocycles. The Morgan fingerprint density at radius 3 is 2.41 bits per heavy atom. The zero-order chi connectivity index (χ0) is 15.8. The Morgan fingerprint density at radius 1 is 1.00 bits per heavy atom. The SMILES string of the molecule is CC(C)(O)C#Cc1ccccc1CNCCc1ccccc1. The van der Waals surface area contributed by atoms with E-state index in [9.17, 15) is 5.11 Å². The van der Waals surface area contributed by atoms with Crippen LogP contribution >= 0.6 is 0 Å². The normalized spacial score (nSPS) is 10.9. The predicted molar refractivity (Wildman–Crippen MR) is 91.5 cm³/mol. The van der Waals surface area contributed by atoms with Crippen molar-refractivity contribution < 1.29 is 5.11 Å². The molecule has 0 aliphatic rings. The summed E-state index contributed by atoms with van der Waals surface area (Å²) in [6, 6.07) is 18.5. The van der Waals surface area contributed by atoms with Gasteiger partial charge < -0.3 is 10.4 Å². The van der Waals surface area contributed by atoms with Crippen LogP contribution in [0, 0.1) is 11.8 Å².